The Morgan fingerprint density at radius 1 is 1.55 bits per heavy atom. The van der Waals surface area contributed by atoms with Crippen LogP contribution in [0.4, 0.5) is 0 Å². The van der Waals surface area contributed by atoms with E-state index in [4.69, 9.17) is 5.11 Å². The smallest absolute Gasteiger partial charge is 0.271 e. The van der Waals surface area contributed by atoms with E-state index in [-0.39, 0.29) is 18.6 Å². The molecule has 0 fully saturated rings. The third-order valence-corrected chi connectivity index (χ3v) is 5.27. The first-order valence-electron chi connectivity index (χ1n) is 6.14. The van der Waals surface area contributed by atoms with Crippen molar-refractivity contribution in [3.63, 3.8) is 0 Å². The summed E-state index contributed by atoms with van der Waals surface area (Å²) in [5.41, 5.74) is 0.447. The fraction of sp³-hybridized carbons (Fsp3) is 0.385. The second-order valence-corrected chi connectivity index (χ2v) is 6.87. The van der Waals surface area contributed by atoms with Crippen LogP contribution >= 0.6 is 34.4 Å². The predicted molar refractivity (Wildman–Crippen MR) is 86.8 cm³/mol. The molecular formula is C13H16N2O2S3. The van der Waals surface area contributed by atoms with E-state index in [2.05, 4.69) is 10.3 Å². The molecule has 2 aromatic rings. The zero-order valence-electron chi connectivity index (χ0n) is 11.0. The molecule has 0 bridgehead atoms. The van der Waals surface area contributed by atoms with Gasteiger partial charge in [0.05, 0.1) is 4.88 Å². The van der Waals surface area contributed by atoms with Crippen molar-refractivity contribution >= 4 is 40.3 Å². The minimum Gasteiger partial charge on any atom is -0.396 e. The molecule has 0 aromatic carbocycles. The summed E-state index contributed by atoms with van der Waals surface area (Å²) in [5.74, 6) is 0.616. The minimum atomic E-state index is -0.170. The zero-order valence-corrected chi connectivity index (χ0v) is 13.5. The highest BCUT2D eigenvalue weighted by atomic mass is 32.2. The molecule has 2 heterocycles. The second kappa shape index (κ2) is 7.78. The van der Waals surface area contributed by atoms with Gasteiger partial charge in [0.1, 0.15) is 10.7 Å². The fourth-order valence-electron chi connectivity index (χ4n) is 1.70. The lowest BCUT2D eigenvalue weighted by atomic mass is 10.2. The van der Waals surface area contributed by atoms with E-state index in [1.165, 1.54) is 11.3 Å². The fourth-order valence-corrected chi connectivity index (χ4v) is 3.97. The van der Waals surface area contributed by atoms with E-state index in [0.29, 0.717) is 12.1 Å². The van der Waals surface area contributed by atoms with Gasteiger partial charge in [0, 0.05) is 23.8 Å². The number of nitrogens with one attached hydrogen (secondary N) is 1. The maximum atomic E-state index is 12.1. The van der Waals surface area contributed by atoms with Gasteiger partial charge in [-0.05, 0) is 24.1 Å². The van der Waals surface area contributed by atoms with Crippen molar-refractivity contribution in [2.45, 2.75) is 12.5 Å². The van der Waals surface area contributed by atoms with E-state index >= 15 is 0 Å². The molecular weight excluding hydrogens is 312 g/mol. The number of aliphatic hydroxyl groups excluding tert-OH is 1. The molecule has 1 amide bonds. The monoisotopic (exact) mass is 328 g/mol. The van der Waals surface area contributed by atoms with Crippen LogP contribution < -0.4 is 5.32 Å². The normalized spacial score (nSPS) is 12.3. The van der Waals surface area contributed by atoms with Crippen LogP contribution in [0.2, 0.25) is 0 Å². The van der Waals surface area contributed by atoms with Gasteiger partial charge in [-0.25, -0.2) is 4.98 Å². The molecule has 7 heteroatoms. The van der Waals surface area contributed by atoms with Crippen LogP contribution in [0.5, 0.6) is 0 Å². The molecule has 0 aliphatic rings. The first-order chi connectivity index (χ1) is 9.74. The van der Waals surface area contributed by atoms with Crippen molar-refractivity contribution in [2.24, 2.45) is 0 Å². The van der Waals surface area contributed by atoms with Crippen molar-refractivity contribution in [1.29, 1.82) is 0 Å². The Morgan fingerprint density at radius 3 is 3.05 bits per heavy atom. The number of hydrogen-bond acceptors (Lipinski definition) is 6. The summed E-state index contributed by atoms with van der Waals surface area (Å²) in [6.45, 7) is 0.0724. The quantitative estimate of drug-likeness (QED) is 0.820. The highest BCUT2D eigenvalue weighted by Gasteiger charge is 2.16. The van der Waals surface area contributed by atoms with Crippen LogP contribution in [-0.2, 0) is 0 Å². The molecule has 0 saturated heterocycles. The highest BCUT2D eigenvalue weighted by Crippen LogP contribution is 2.27. The topological polar surface area (TPSA) is 62.2 Å². The van der Waals surface area contributed by atoms with Crippen molar-refractivity contribution in [3.05, 3.63) is 28.6 Å². The van der Waals surface area contributed by atoms with Gasteiger partial charge in [-0.1, -0.05) is 6.07 Å². The van der Waals surface area contributed by atoms with Crippen molar-refractivity contribution in [2.75, 3.05) is 18.6 Å². The number of aromatic nitrogens is 1. The van der Waals surface area contributed by atoms with Crippen molar-refractivity contribution in [1.82, 2.24) is 10.3 Å². The summed E-state index contributed by atoms with van der Waals surface area (Å²) in [7, 11) is 0. The molecule has 0 spiro atoms. The Kier molecular flexibility index (Phi) is 6.03. The number of thiazole rings is 1. The average molecular weight is 328 g/mol. The number of thiophene rings is 1. The highest BCUT2D eigenvalue weighted by molar-refractivity contribution is 7.98. The lowest BCUT2D eigenvalue weighted by Crippen LogP contribution is -2.37. The Labute approximate surface area is 130 Å². The van der Waals surface area contributed by atoms with Crippen LogP contribution in [0.1, 0.15) is 16.9 Å². The molecule has 0 aliphatic heterocycles. The van der Waals surface area contributed by atoms with E-state index in [1.807, 2.05) is 23.8 Å². The first kappa shape index (κ1) is 15.5. The second-order valence-electron chi connectivity index (χ2n) is 4.15. The summed E-state index contributed by atoms with van der Waals surface area (Å²) in [4.78, 5) is 17.6. The molecule has 2 rings (SSSR count). The molecule has 108 valence electrons. The van der Waals surface area contributed by atoms with Gasteiger partial charge in [-0.15, -0.1) is 22.7 Å². The number of aliphatic hydroxyl groups is 1. The summed E-state index contributed by atoms with van der Waals surface area (Å²) in [6, 6.07) is 3.94. The zero-order chi connectivity index (χ0) is 14.4. The molecule has 20 heavy (non-hydrogen) atoms. The maximum absolute atomic E-state index is 12.1. The number of hydrogen-bond donors (Lipinski definition) is 2. The van der Waals surface area contributed by atoms with E-state index < -0.39 is 0 Å². The van der Waals surface area contributed by atoms with Crippen LogP contribution in [0.15, 0.2) is 22.9 Å². The third kappa shape index (κ3) is 4.05. The summed E-state index contributed by atoms with van der Waals surface area (Å²) in [6.07, 6.45) is 2.54. The number of carbonyl (C=O) groups is 1. The molecule has 0 aliphatic carbocycles. The predicted octanol–water partition coefficient (Wildman–Crippen LogP) is 2.72. The van der Waals surface area contributed by atoms with Crippen molar-refractivity contribution < 1.29 is 9.90 Å². The molecule has 4 nitrogen and oxygen atoms in total. The van der Waals surface area contributed by atoms with Crippen LogP contribution in [0.3, 0.4) is 0 Å². The molecule has 0 radical (unpaired) electrons. The van der Waals surface area contributed by atoms with Gasteiger partial charge in [0.2, 0.25) is 0 Å². The minimum absolute atomic E-state index is 0.0191. The Hall–Kier alpha value is -0.890. The lowest BCUT2D eigenvalue weighted by molar-refractivity contribution is 0.0931. The largest absolute Gasteiger partial charge is 0.396 e. The SMILES string of the molecule is CSCC(CCO)NC(=O)c1csc(-c2cccs2)n1. The molecule has 2 aromatic heterocycles. The number of rotatable bonds is 7. The molecule has 1 unspecified atom stereocenters. The summed E-state index contributed by atoms with van der Waals surface area (Å²) in [5, 5.41) is 16.6. The Morgan fingerprint density at radius 2 is 2.40 bits per heavy atom. The molecule has 1 atom stereocenters. The Balaban J connectivity index is 2.02. The van der Waals surface area contributed by atoms with E-state index in [1.54, 1.807) is 28.5 Å². The van der Waals surface area contributed by atoms with Gasteiger partial charge < -0.3 is 10.4 Å². The van der Waals surface area contributed by atoms with Gasteiger partial charge in [0.15, 0.2) is 0 Å². The van der Waals surface area contributed by atoms with Gasteiger partial charge >= 0.3 is 0 Å². The van der Waals surface area contributed by atoms with Gasteiger partial charge in [-0.3, -0.25) is 4.79 Å². The Bertz CT molecular complexity index is 534. The lowest BCUT2D eigenvalue weighted by Gasteiger charge is -2.15. The van der Waals surface area contributed by atoms with Crippen molar-refractivity contribution in [3.8, 4) is 9.88 Å². The third-order valence-electron chi connectivity index (χ3n) is 2.65. The van der Waals surface area contributed by atoms with Gasteiger partial charge in [0.25, 0.3) is 5.91 Å². The van der Waals surface area contributed by atoms with Crippen LogP contribution in [0, 0.1) is 0 Å². The van der Waals surface area contributed by atoms with E-state index in [9.17, 15) is 4.79 Å². The van der Waals surface area contributed by atoms with Gasteiger partial charge in [-0.2, -0.15) is 11.8 Å². The van der Waals surface area contributed by atoms with E-state index in [0.717, 1.165) is 15.6 Å². The average Bonchev–Trinajstić information content (AvgIpc) is 3.10. The molecule has 0 saturated carbocycles. The maximum Gasteiger partial charge on any atom is 0.271 e. The first-order valence-corrected chi connectivity index (χ1v) is 9.30. The van der Waals surface area contributed by atoms with Crippen LogP contribution in [-0.4, -0.2) is 40.7 Å². The van der Waals surface area contributed by atoms with Crippen LogP contribution in [0.25, 0.3) is 9.88 Å². The standard InChI is InChI=1S/C13H16N2O2S3/c1-18-7-9(4-5-16)14-12(17)10-8-20-13(15-10)11-3-2-6-19-11/h2-3,6,8-9,16H,4-5,7H2,1H3,(H,14,17). The summed E-state index contributed by atoms with van der Waals surface area (Å²) < 4.78 is 0. The number of thioether (sulfide) groups is 1. The molecule has 2 N–H and O–H groups in total. The number of amides is 1. The number of nitrogens with zero attached hydrogens (tertiary/aromatic N) is 1. The summed E-state index contributed by atoms with van der Waals surface area (Å²) >= 11 is 4.73. The number of carbonyl (C=O) groups excluding carboxylic acids is 1.